The fraction of sp³-hybridized carbons (Fsp3) is 0.500. The molecule has 0 saturated carbocycles. The topological polar surface area (TPSA) is 58.0 Å². The minimum Gasteiger partial charge on any atom is -0.392 e. The lowest BCUT2D eigenvalue weighted by molar-refractivity contribution is 0.187. The zero-order valence-corrected chi connectivity index (χ0v) is 10.1. The van der Waals surface area contributed by atoms with Crippen molar-refractivity contribution in [2.45, 2.75) is 32.9 Å². The summed E-state index contributed by atoms with van der Waals surface area (Å²) in [4.78, 5) is 8.43. The minimum atomic E-state index is -0.349. The van der Waals surface area contributed by atoms with Gasteiger partial charge in [0.05, 0.1) is 6.10 Å². The first-order valence-corrected chi connectivity index (χ1v) is 5.40. The monoisotopic (exact) mass is 221 g/mol. The normalized spacial score (nSPS) is 14.5. The van der Waals surface area contributed by atoms with Crippen molar-refractivity contribution in [3.05, 3.63) is 30.4 Å². The molecule has 0 spiro atoms. The molecule has 16 heavy (non-hydrogen) atoms. The van der Waals surface area contributed by atoms with Crippen molar-refractivity contribution in [1.29, 1.82) is 0 Å². The second-order valence-electron chi connectivity index (χ2n) is 4.10. The zero-order chi connectivity index (χ0) is 12.1. The average Bonchev–Trinajstić information content (AvgIpc) is 2.26. The van der Waals surface area contributed by atoms with Gasteiger partial charge in [0.1, 0.15) is 0 Å². The van der Waals surface area contributed by atoms with Crippen LogP contribution in [0.15, 0.2) is 19.0 Å². The molecular weight excluding hydrogens is 202 g/mol. The second kappa shape index (κ2) is 5.72. The van der Waals surface area contributed by atoms with Gasteiger partial charge < -0.3 is 10.4 Å². The summed E-state index contributed by atoms with van der Waals surface area (Å²) in [5, 5.41) is 12.4. The Kier molecular flexibility index (Phi) is 4.58. The van der Waals surface area contributed by atoms with E-state index in [0.717, 1.165) is 11.1 Å². The van der Waals surface area contributed by atoms with Crippen molar-refractivity contribution in [3.63, 3.8) is 0 Å². The van der Waals surface area contributed by atoms with Gasteiger partial charge in [-0.15, -0.1) is 0 Å². The third kappa shape index (κ3) is 3.72. The quantitative estimate of drug-likeness (QED) is 0.792. The standard InChI is InChI=1S/C12H19N3O/c1-8(2)12-14-6-11(7-15-12)10(4)13-5-9(3)16/h6-7,9-10,13,16H,1,5H2,2-4H3/t9-,10?/m0/s1. The summed E-state index contributed by atoms with van der Waals surface area (Å²) in [6, 6.07) is 0.133. The van der Waals surface area contributed by atoms with Crippen molar-refractivity contribution >= 4 is 5.57 Å². The fourth-order valence-electron chi connectivity index (χ4n) is 1.25. The van der Waals surface area contributed by atoms with E-state index in [1.54, 1.807) is 19.3 Å². The van der Waals surface area contributed by atoms with Crippen LogP contribution >= 0.6 is 0 Å². The first-order chi connectivity index (χ1) is 7.50. The molecule has 0 amide bonds. The van der Waals surface area contributed by atoms with Crippen LogP contribution in [0.3, 0.4) is 0 Å². The summed E-state index contributed by atoms with van der Waals surface area (Å²) in [7, 11) is 0. The molecule has 2 N–H and O–H groups in total. The van der Waals surface area contributed by atoms with Crippen molar-refractivity contribution in [1.82, 2.24) is 15.3 Å². The molecule has 1 aromatic heterocycles. The van der Waals surface area contributed by atoms with Gasteiger partial charge in [-0.3, -0.25) is 0 Å². The molecule has 4 nitrogen and oxygen atoms in total. The summed E-state index contributed by atoms with van der Waals surface area (Å²) >= 11 is 0. The number of hydrogen-bond acceptors (Lipinski definition) is 4. The van der Waals surface area contributed by atoms with Gasteiger partial charge in [0.25, 0.3) is 0 Å². The van der Waals surface area contributed by atoms with Crippen molar-refractivity contribution in [3.8, 4) is 0 Å². The van der Waals surface area contributed by atoms with Gasteiger partial charge in [-0.1, -0.05) is 6.58 Å². The number of hydrogen-bond donors (Lipinski definition) is 2. The van der Waals surface area contributed by atoms with Crippen LogP contribution in [-0.4, -0.2) is 27.7 Å². The van der Waals surface area contributed by atoms with E-state index in [1.165, 1.54) is 0 Å². The highest BCUT2D eigenvalue weighted by Gasteiger charge is 2.07. The molecule has 0 aromatic carbocycles. The number of nitrogens with zero attached hydrogens (tertiary/aromatic N) is 2. The molecular formula is C12H19N3O. The van der Waals surface area contributed by atoms with Crippen LogP contribution in [0.4, 0.5) is 0 Å². The first kappa shape index (κ1) is 12.8. The van der Waals surface area contributed by atoms with Gasteiger partial charge in [-0.2, -0.15) is 0 Å². The molecule has 1 unspecified atom stereocenters. The first-order valence-electron chi connectivity index (χ1n) is 5.40. The largest absolute Gasteiger partial charge is 0.392 e. The highest BCUT2D eigenvalue weighted by molar-refractivity contribution is 5.53. The van der Waals surface area contributed by atoms with Crippen LogP contribution in [0.1, 0.15) is 38.2 Å². The lowest BCUT2D eigenvalue weighted by Gasteiger charge is -2.14. The molecule has 0 fully saturated rings. The van der Waals surface area contributed by atoms with Crippen LogP contribution in [0.25, 0.3) is 5.57 Å². The lowest BCUT2D eigenvalue weighted by Crippen LogP contribution is -2.27. The van der Waals surface area contributed by atoms with Crippen LogP contribution in [-0.2, 0) is 0 Å². The molecule has 4 heteroatoms. The van der Waals surface area contributed by atoms with Crippen molar-refractivity contribution in [2.24, 2.45) is 0 Å². The third-order valence-electron chi connectivity index (χ3n) is 2.27. The van der Waals surface area contributed by atoms with Crippen LogP contribution in [0.5, 0.6) is 0 Å². The van der Waals surface area contributed by atoms with Gasteiger partial charge in [-0.05, 0) is 26.3 Å². The number of aliphatic hydroxyl groups excluding tert-OH is 1. The maximum absolute atomic E-state index is 9.16. The Bertz CT molecular complexity index is 346. The van der Waals surface area contributed by atoms with E-state index in [-0.39, 0.29) is 12.1 Å². The SMILES string of the molecule is C=C(C)c1ncc(C(C)NC[C@H](C)O)cn1. The summed E-state index contributed by atoms with van der Waals surface area (Å²) < 4.78 is 0. The number of allylic oxidation sites excluding steroid dienone is 1. The van der Waals surface area contributed by atoms with Crippen LogP contribution < -0.4 is 5.32 Å². The summed E-state index contributed by atoms with van der Waals surface area (Å²) in [6.45, 7) is 9.99. The van der Waals surface area contributed by atoms with Gasteiger partial charge in [0.2, 0.25) is 0 Å². The van der Waals surface area contributed by atoms with E-state index < -0.39 is 0 Å². The Labute approximate surface area is 96.4 Å². The lowest BCUT2D eigenvalue weighted by atomic mass is 10.1. The van der Waals surface area contributed by atoms with E-state index in [1.807, 2.05) is 13.8 Å². The third-order valence-corrected chi connectivity index (χ3v) is 2.27. The molecule has 0 aliphatic rings. The predicted octanol–water partition coefficient (Wildman–Crippen LogP) is 1.54. The Morgan fingerprint density at radius 2 is 2.00 bits per heavy atom. The average molecular weight is 221 g/mol. The van der Waals surface area contributed by atoms with Gasteiger partial charge in [0, 0.05) is 30.5 Å². The summed E-state index contributed by atoms with van der Waals surface area (Å²) in [6.07, 6.45) is 3.23. The Morgan fingerprint density at radius 1 is 1.44 bits per heavy atom. The molecule has 1 heterocycles. The van der Waals surface area contributed by atoms with Crippen LogP contribution in [0, 0.1) is 0 Å². The highest BCUT2D eigenvalue weighted by Crippen LogP contribution is 2.11. The molecule has 0 bridgehead atoms. The smallest absolute Gasteiger partial charge is 0.154 e. The highest BCUT2D eigenvalue weighted by atomic mass is 16.3. The zero-order valence-electron chi connectivity index (χ0n) is 10.1. The van der Waals surface area contributed by atoms with E-state index in [0.29, 0.717) is 12.4 Å². The number of rotatable bonds is 5. The molecule has 1 rings (SSSR count). The summed E-state index contributed by atoms with van der Waals surface area (Å²) in [5.74, 6) is 0.673. The molecule has 0 aliphatic heterocycles. The van der Waals surface area contributed by atoms with E-state index in [4.69, 9.17) is 5.11 Å². The van der Waals surface area contributed by atoms with Gasteiger partial charge in [0.15, 0.2) is 5.82 Å². The molecule has 1 aromatic rings. The van der Waals surface area contributed by atoms with E-state index >= 15 is 0 Å². The Balaban J connectivity index is 2.63. The molecule has 2 atom stereocenters. The maximum Gasteiger partial charge on any atom is 0.154 e. The molecule has 88 valence electrons. The minimum absolute atomic E-state index is 0.133. The van der Waals surface area contributed by atoms with E-state index in [9.17, 15) is 0 Å². The fourth-order valence-corrected chi connectivity index (χ4v) is 1.25. The van der Waals surface area contributed by atoms with Gasteiger partial charge >= 0.3 is 0 Å². The van der Waals surface area contributed by atoms with Crippen LogP contribution in [0.2, 0.25) is 0 Å². The molecule has 0 saturated heterocycles. The Morgan fingerprint density at radius 3 is 2.44 bits per heavy atom. The van der Waals surface area contributed by atoms with Crippen molar-refractivity contribution < 1.29 is 5.11 Å². The van der Waals surface area contributed by atoms with Crippen molar-refractivity contribution in [2.75, 3.05) is 6.54 Å². The maximum atomic E-state index is 9.16. The van der Waals surface area contributed by atoms with E-state index in [2.05, 4.69) is 21.9 Å². The Hall–Kier alpha value is -1.26. The van der Waals surface area contributed by atoms with Gasteiger partial charge in [-0.25, -0.2) is 9.97 Å². The molecule has 0 radical (unpaired) electrons. The second-order valence-corrected chi connectivity index (χ2v) is 4.10. The summed E-state index contributed by atoms with van der Waals surface area (Å²) in [5.41, 5.74) is 1.86. The number of aliphatic hydroxyl groups is 1. The predicted molar refractivity (Wildman–Crippen MR) is 64.8 cm³/mol. The number of aromatic nitrogens is 2. The molecule has 0 aliphatic carbocycles. The number of nitrogens with one attached hydrogen (secondary N) is 1.